The highest BCUT2D eigenvalue weighted by molar-refractivity contribution is 7.89. The highest BCUT2D eigenvalue weighted by Gasteiger charge is 2.11. The van der Waals surface area contributed by atoms with E-state index < -0.39 is 16.0 Å². The van der Waals surface area contributed by atoms with E-state index in [1.165, 1.54) is 13.3 Å². The minimum Gasteiger partial charge on any atom is -0.481 e. The van der Waals surface area contributed by atoms with Crippen molar-refractivity contribution < 1.29 is 23.1 Å². The van der Waals surface area contributed by atoms with Crippen LogP contribution in [-0.2, 0) is 21.4 Å². The zero-order valence-electron chi connectivity index (χ0n) is 10.5. The number of ether oxygens (including phenoxy) is 1. The number of sulfonamides is 1. The predicted molar refractivity (Wildman–Crippen MR) is 68.3 cm³/mol. The normalized spacial score (nSPS) is 11.2. The Morgan fingerprint density at radius 2 is 2.26 bits per heavy atom. The summed E-state index contributed by atoms with van der Waals surface area (Å²) >= 11 is 0. The lowest BCUT2D eigenvalue weighted by Gasteiger charge is -2.07. The molecule has 0 spiro atoms. The van der Waals surface area contributed by atoms with Gasteiger partial charge >= 0.3 is 5.97 Å². The molecule has 0 bridgehead atoms. The Labute approximate surface area is 111 Å². The second-order valence-corrected chi connectivity index (χ2v) is 5.77. The van der Waals surface area contributed by atoms with Gasteiger partial charge in [-0.1, -0.05) is 0 Å². The molecule has 0 unspecified atom stereocenters. The van der Waals surface area contributed by atoms with Crippen molar-refractivity contribution in [2.75, 3.05) is 12.9 Å². The van der Waals surface area contributed by atoms with Crippen molar-refractivity contribution >= 4 is 16.0 Å². The van der Waals surface area contributed by atoms with Crippen LogP contribution in [0.3, 0.4) is 0 Å². The minimum absolute atomic E-state index is 0.0876. The number of carboxylic acid groups (broad SMARTS) is 1. The molecule has 2 N–H and O–H groups in total. The number of carbonyl (C=O) groups is 1. The molecule has 0 aromatic carbocycles. The van der Waals surface area contributed by atoms with Gasteiger partial charge in [0.2, 0.25) is 15.9 Å². The molecule has 8 heteroatoms. The lowest BCUT2D eigenvalue weighted by molar-refractivity contribution is -0.137. The number of aromatic nitrogens is 1. The van der Waals surface area contributed by atoms with Gasteiger partial charge in [0, 0.05) is 25.2 Å². The van der Waals surface area contributed by atoms with Crippen molar-refractivity contribution in [3.8, 4) is 5.88 Å². The Morgan fingerprint density at radius 1 is 1.53 bits per heavy atom. The Morgan fingerprint density at radius 3 is 2.89 bits per heavy atom. The van der Waals surface area contributed by atoms with Crippen LogP contribution >= 0.6 is 0 Å². The topological polar surface area (TPSA) is 106 Å². The maximum Gasteiger partial charge on any atom is 0.303 e. The Kier molecular flexibility index (Phi) is 5.71. The number of rotatable bonds is 8. The molecular weight excluding hydrogens is 272 g/mol. The molecule has 1 aromatic rings. The highest BCUT2D eigenvalue weighted by Crippen LogP contribution is 2.08. The summed E-state index contributed by atoms with van der Waals surface area (Å²) in [6.45, 7) is 0.119. The van der Waals surface area contributed by atoms with E-state index in [1.54, 1.807) is 12.1 Å². The number of carboxylic acids is 1. The molecule has 1 heterocycles. The number of nitrogens with one attached hydrogen (secondary N) is 1. The third-order valence-corrected chi connectivity index (χ3v) is 3.72. The van der Waals surface area contributed by atoms with Gasteiger partial charge in [0.1, 0.15) is 0 Å². The fourth-order valence-corrected chi connectivity index (χ4v) is 2.41. The van der Waals surface area contributed by atoms with Gasteiger partial charge in [0.25, 0.3) is 0 Å². The van der Waals surface area contributed by atoms with Gasteiger partial charge in [-0.2, -0.15) is 0 Å². The molecule has 0 aliphatic rings. The first-order chi connectivity index (χ1) is 8.93. The SMILES string of the molecule is COc1cc(CNS(=O)(=O)CCCC(=O)O)ccn1. The van der Waals surface area contributed by atoms with E-state index in [9.17, 15) is 13.2 Å². The van der Waals surface area contributed by atoms with Crippen molar-refractivity contribution in [2.45, 2.75) is 19.4 Å². The van der Waals surface area contributed by atoms with Gasteiger partial charge in [0.15, 0.2) is 0 Å². The van der Waals surface area contributed by atoms with E-state index in [0.29, 0.717) is 11.4 Å². The quantitative estimate of drug-likeness (QED) is 0.716. The van der Waals surface area contributed by atoms with E-state index in [-0.39, 0.29) is 25.1 Å². The van der Waals surface area contributed by atoms with Crippen LogP contribution in [0.5, 0.6) is 5.88 Å². The molecule has 0 amide bonds. The molecular formula is C11H16N2O5S. The van der Waals surface area contributed by atoms with Crippen molar-refractivity contribution in [3.05, 3.63) is 23.9 Å². The van der Waals surface area contributed by atoms with Crippen LogP contribution in [0.25, 0.3) is 0 Å². The summed E-state index contributed by atoms with van der Waals surface area (Å²) in [4.78, 5) is 14.2. The lowest BCUT2D eigenvalue weighted by atomic mass is 10.3. The summed E-state index contributed by atoms with van der Waals surface area (Å²) in [5.74, 6) is -0.807. The Bertz CT molecular complexity index is 530. The minimum atomic E-state index is -3.47. The van der Waals surface area contributed by atoms with Gasteiger partial charge in [-0.25, -0.2) is 18.1 Å². The van der Waals surface area contributed by atoms with Crippen molar-refractivity contribution in [3.63, 3.8) is 0 Å². The largest absolute Gasteiger partial charge is 0.481 e. The summed E-state index contributed by atoms with van der Waals surface area (Å²) < 4.78 is 30.5. The van der Waals surface area contributed by atoms with Gasteiger partial charge in [-0.3, -0.25) is 4.79 Å². The summed E-state index contributed by atoms with van der Waals surface area (Å²) in [5.41, 5.74) is 0.716. The van der Waals surface area contributed by atoms with Crippen LogP contribution in [0, 0.1) is 0 Å². The van der Waals surface area contributed by atoms with Crippen LogP contribution in [0.1, 0.15) is 18.4 Å². The summed E-state index contributed by atoms with van der Waals surface area (Å²) in [6, 6.07) is 3.29. The van der Waals surface area contributed by atoms with E-state index in [4.69, 9.17) is 9.84 Å². The summed E-state index contributed by atoms with van der Waals surface area (Å²) in [5, 5.41) is 8.44. The van der Waals surface area contributed by atoms with Gasteiger partial charge in [-0.15, -0.1) is 0 Å². The molecule has 0 aliphatic carbocycles. The maximum absolute atomic E-state index is 11.6. The predicted octanol–water partition coefficient (Wildman–Crippen LogP) is 0.374. The molecule has 1 rings (SSSR count). The average Bonchev–Trinajstić information content (AvgIpc) is 2.36. The lowest BCUT2D eigenvalue weighted by Crippen LogP contribution is -2.26. The molecule has 0 atom stereocenters. The fraction of sp³-hybridized carbons (Fsp3) is 0.455. The molecule has 0 aliphatic heterocycles. The van der Waals surface area contributed by atoms with Crippen molar-refractivity contribution in [2.24, 2.45) is 0 Å². The summed E-state index contributed by atoms with van der Waals surface area (Å²) in [7, 11) is -2.00. The van der Waals surface area contributed by atoms with Crippen LogP contribution in [0.15, 0.2) is 18.3 Å². The zero-order chi connectivity index (χ0) is 14.3. The molecule has 0 fully saturated rings. The molecule has 106 valence electrons. The second kappa shape index (κ2) is 7.05. The monoisotopic (exact) mass is 288 g/mol. The van der Waals surface area contributed by atoms with Gasteiger partial charge in [-0.05, 0) is 18.1 Å². The maximum atomic E-state index is 11.6. The number of hydrogen-bond donors (Lipinski definition) is 2. The first kappa shape index (κ1) is 15.4. The second-order valence-electron chi connectivity index (χ2n) is 3.84. The van der Waals surface area contributed by atoms with E-state index in [2.05, 4.69) is 9.71 Å². The molecule has 7 nitrogen and oxygen atoms in total. The molecule has 0 radical (unpaired) electrons. The third-order valence-electron chi connectivity index (χ3n) is 2.31. The van der Waals surface area contributed by atoms with Crippen LogP contribution < -0.4 is 9.46 Å². The Balaban J connectivity index is 2.47. The van der Waals surface area contributed by atoms with Crippen molar-refractivity contribution in [1.29, 1.82) is 0 Å². The van der Waals surface area contributed by atoms with Crippen LogP contribution in [-0.4, -0.2) is 37.3 Å². The van der Waals surface area contributed by atoms with Crippen LogP contribution in [0.4, 0.5) is 0 Å². The van der Waals surface area contributed by atoms with E-state index in [0.717, 1.165) is 0 Å². The number of methoxy groups -OCH3 is 1. The number of aliphatic carboxylic acids is 1. The zero-order valence-corrected chi connectivity index (χ0v) is 11.3. The molecule has 1 aromatic heterocycles. The first-order valence-corrected chi connectivity index (χ1v) is 7.26. The van der Waals surface area contributed by atoms with Crippen molar-refractivity contribution in [1.82, 2.24) is 9.71 Å². The van der Waals surface area contributed by atoms with E-state index >= 15 is 0 Å². The van der Waals surface area contributed by atoms with Crippen LogP contribution in [0.2, 0.25) is 0 Å². The Hall–Kier alpha value is -1.67. The number of nitrogens with zero attached hydrogens (tertiary/aromatic N) is 1. The number of pyridine rings is 1. The third kappa shape index (κ3) is 6.16. The number of hydrogen-bond acceptors (Lipinski definition) is 5. The fourth-order valence-electron chi connectivity index (χ4n) is 1.35. The standard InChI is InChI=1S/C11H16N2O5S/c1-18-10-7-9(4-5-12-10)8-13-19(16,17)6-2-3-11(14)15/h4-5,7,13H,2-3,6,8H2,1H3,(H,14,15). The average molecular weight is 288 g/mol. The molecule has 0 saturated heterocycles. The highest BCUT2D eigenvalue weighted by atomic mass is 32.2. The molecule has 19 heavy (non-hydrogen) atoms. The smallest absolute Gasteiger partial charge is 0.303 e. The van der Waals surface area contributed by atoms with Gasteiger partial charge < -0.3 is 9.84 Å². The summed E-state index contributed by atoms with van der Waals surface area (Å²) in [6.07, 6.45) is 1.45. The molecule has 0 saturated carbocycles. The van der Waals surface area contributed by atoms with Gasteiger partial charge in [0.05, 0.1) is 12.9 Å². The van der Waals surface area contributed by atoms with E-state index in [1.807, 2.05) is 0 Å². The first-order valence-electron chi connectivity index (χ1n) is 5.61.